The number of guanidine groups is 1. The third kappa shape index (κ3) is 6.23. The van der Waals surface area contributed by atoms with Crippen molar-refractivity contribution in [2.45, 2.75) is 12.8 Å². The van der Waals surface area contributed by atoms with Crippen LogP contribution in [0.3, 0.4) is 0 Å². The van der Waals surface area contributed by atoms with Gasteiger partial charge in [0.25, 0.3) is 0 Å². The summed E-state index contributed by atoms with van der Waals surface area (Å²) in [4.78, 5) is 8.07. The number of aliphatic imine (C=N–C) groups is 1. The number of nitrogens with one attached hydrogen (secondary N) is 1. The summed E-state index contributed by atoms with van der Waals surface area (Å²) in [6.45, 7) is 3.72. The molecule has 2 rings (SSSR count). The minimum Gasteiger partial charge on any atom is -0.370 e. The molecule has 1 aromatic rings. The van der Waals surface area contributed by atoms with E-state index < -0.39 is 0 Å². The Morgan fingerprint density at radius 2 is 2.40 bits per heavy atom. The van der Waals surface area contributed by atoms with Crippen molar-refractivity contribution in [3.05, 3.63) is 34.0 Å². The van der Waals surface area contributed by atoms with Crippen LogP contribution in [0.1, 0.15) is 11.3 Å². The predicted octanol–water partition coefficient (Wildman–Crippen LogP) is 2.07. The van der Waals surface area contributed by atoms with Crippen molar-refractivity contribution in [2.75, 3.05) is 33.2 Å². The Balaban J connectivity index is 0.00000200. The van der Waals surface area contributed by atoms with Crippen molar-refractivity contribution in [3.8, 4) is 0 Å². The molecule has 0 saturated heterocycles. The zero-order valence-corrected chi connectivity index (χ0v) is 15.0. The summed E-state index contributed by atoms with van der Waals surface area (Å²) in [5, 5.41) is 5.26. The summed E-state index contributed by atoms with van der Waals surface area (Å²) < 4.78 is 0. The molecule has 1 aliphatic heterocycles. The molecule has 0 aliphatic carbocycles. The van der Waals surface area contributed by atoms with Gasteiger partial charge < -0.3 is 16.0 Å². The van der Waals surface area contributed by atoms with Gasteiger partial charge in [0.1, 0.15) is 0 Å². The molecule has 0 amide bonds. The Kier molecular flexibility index (Phi) is 8.16. The second-order valence-electron chi connectivity index (χ2n) is 4.83. The average Bonchev–Trinajstić information content (AvgIpc) is 2.91. The van der Waals surface area contributed by atoms with E-state index in [2.05, 4.69) is 45.8 Å². The van der Waals surface area contributed by atoms with Gasteiger partial charge in [-0.25, -0.2) is 4.99 Å². The Labute approximate surface area is 142 Å². The fraction of sp³-hybridized carbons (Fsp3) is 0.500. The summed E-state index contributed by atoms with van der Waals surface area (Å²) in [7, 11) is 2.14. The Bertz CT molecular complexity index is 442. The maximum absolute atomic E-state index is 5.86. The maximum Gasteiger partial charge on any atom is 0.188 e. The Morgan fingerprint density at radius 1 is 1.55 bits per heavy atom. The van der Waals surface area contributed by atoms with E-state index in [1.165, 1.54) is 10.5 Å². The minimum absolute atomic E-state index is 0. The first kappa shape index (κ1) is 17.5. The van der Waals surface area contributed by atoms with E-state index in [0.29, 0.717) is 5.96 Å². The number of nitrogens with two attached hydrogens (primary N) is 1. The smallest absolute Gasteiger partial charge is 0.188 e. The van der Waals surface area contributed by atoms with E-state index in [4.69, 9.17) is 5.73 Å². The van der Waals surface area contributed by atoms with Crippen LogP contribution in [0.2, 0.25) is 0 Å². The largest absolute Gasteiger partial charge is 0.370 e. The number of thiophene rings is 1. The van der Waals surface area contributed by atoms with E-state index in [9.17, 15) is 0 Å². The lowest BCUT2D eigenvalue weighted by Gasteiger charge is -2.21. The van der Waals surface area contributed by atoms with Crippen molar-refractivity contribution < 1.29 is 0 Å². The SMILES string of the molecule is CN1CC=C(CN=C(N)NCCc2cccs2)CC1.I. The Hall–Kier alpha value is -0.600. The summed E-state index contributed by atoms with van der Waals surface area (Å²) in [5.74, 6) is 0.552. The fourth-order valence-corrected chi connectivity index (χ4v) is 2.68. The lowest BCUT2D eigenvalue weighted by molar-refractivity contribution is 0.358. The van der Waals surface area contributed by atoms with Crippen molar-refractivity contribution in [1.29, 1.82) is 0 Å². The van der Waals surface area contributed by atoms with Gasteiger partial charge in [-0.15, -0.1) is 35.3 Å². The van der Waals surface area contributed by atoms with Crippen LogP contribution < -0.4 is 11.1 Å². The molecule has 0 bridgehead atoms. The molecular formula is C14H23IN4S. The van der Waals surface area contributed by atoms with Gasteiger partial charge in [0.15, 0.2) is 5.96 Å². The fourth-order valence-electron chi connectivity index (χ4n) is 1.97. The molecule has 0 aromatic carbocycles. The number of halogens is 1. The van der Waals surface area contributed by atoms with E-state index in [0.717, 1.165) is 39.0 Å². The summed E-state index contributed by atoms with van der Waals surface area (Å²) in [5.41, 5.74) is 7.25. The average molecular weight is 406 g/mol. The molecule has 112 valence electrons. The van der Waals surface area contributed by atoms with Gasteiger partial charge in [0.2, 0.25) is 0 Å². The van der Waals surface area contributed by atoms with Crippen LogP contribution >= 0.6 is 35.3 Å². The van der Waals surface area contributed by atoms with Crippen LogP contribution in [0.25, 0.3) is 0 Å². The molecule has 0 fully saturated rings. The number of likely N-dealkylation sites (N-methyl/N-ethyl adjacent to an activating group) is 1. The standard InChI is InChI=1S/C14H22N4S.HI/c1-18-8-5-12(6-9-18)11-17-14(15)16-7-4-13-3-2-10-19-13;/h2-3,5,10H,4,6-9,11H2,1H3,(H3,15,16,17);1H. The van der Waals surface area contributed by atoms with E-state index >= 15 is 0 Å². The van der Waals surface area contributed by atoms with Crippen LogP contribution in [0.4, 0.5) is 0 Å². The van der Waals surface area contributed by atoms with E-state index in [1.807, 2.05) is 0 Å². The van der Waals surface area contributed by atoms with Crippen molar-refractivity contribution in [1.82, 2.24) is 10.2 Å². The van der Waals surface area contributed by atoms with Crippen molar-refractivity contribution >= 4 is 41.3 Å². The lowest BCUT2D eigenvalue weighted by Crippen LogP contribution is -2.33. The van der Waals surface area contributed by atoms with Gasteiger partial charge in [0, 0.05) is 24.5 Å². The molecule has 20 heavy (non-hydrogen) atoms. The van der Waals surface area contributed by atoms with Crippen molar-refractivity contribution in [2.24, 2.45) is 10.7 Å². The number of nitrogens with zero attached hydrogens (tertiary/aromatic N) is 2. The third-order valence-corrected chi connectivity index (χ3v) is 4.15. The summed E-state index contributed by atoms with van der Waals surface area (Å²) >= 11 is 1.78. The zero-order valence-electron chi connectivity index (χ0n) is 11.8. The first-order valence-corrected chi connectivity index (χ1v) is 7.54. The first-order valence-electron chi connectivity index (χ1n) is 6.66. The molecular weight excluding hydrogens is 383 g/mol. The van der Waals surface area contributed by atoms with Crippen LogP contribution in [-0.2, 0) is 6.42 Å². The van der Waals surface area contributed by atoms with Gasteiger partial charge in [-0.3, -0.25) is 0 Å². The maximum atomic E-state index is 5.86. The zero-order chi connectivity index (χ0) is 13.5. The lowest BCUT2D eigenvalue weighted by atomic mass is 10.1. The molecule has 0 saturated carbocycles. The highest BCUT2D eigenvalue weighted by Gasteiger charge is 2.06. The second-order valence-corrected chi connectivity index (χ2v) is 5.86. The molecule has 0 spiro atoms. The molecule has 3 N–H and O–H groups in total. The second kappa shape index (κ2) is 9.36. The number of rotatable bonds is 5. The number of hydrogen-bond donors (Lipinski definition) is 2. The normalized spacial score (nSPS) is 16.4. The van der Waals surface area contributed by atoms with Crippen LogP contribution in [-0.4, -0.2) is 44.1 Å². The molecule has 1 aromatic heterocycles. The molecule has 0 radical (unpaired) electrons. The van der Waals surface area contributed by atoms with Crippen LogP contribution in [0.15, 0.2) is 34.2 Å². The predicted molar refractivity (Wildman–Crippen MR) is 98.1 cm³/mol. The molecule has 6 heteroatoms. The van der Waals surface area contributed by atoms with Crippen LogP contribution in [0.5, 0.6) is 0 Å². The quantitative estimate of drug-likeness (QED) is 0.341. The molecule has 2 heterocycles. The highest BCUT2D eigenvalue weighted by molar-refractivity contribution is 14.0. The summed E-state index contributed by atoms with van der Waals surface area (Å²) in [6.07, 6.45) is 4.36. The minimum atomic E-state index is 0. The van der Waals surface area contributed by atoms with Crippen molar-refractivity contribution in [3.63, 3.8) is 0 Å². The molecule has 4 nitrogen and oxygen atoms in total. The topological polar surface area (TPSA) is 53.6 Å². The first-order chi connectivity index (χ1) is 9.24. The van der Waals surface area contributed by atoms with Gasteiger partial charge >= 0.3 is 0 Å². The van der Waals surface area contributed by atoms with Crippen LogP contribution in [0, 0.1) is 0 Å². The van der Waals surface area contributed by atoms with Gasteiger partial charge in [-0.1, -0.05) is 17.7 Å². The third-order valence-electron chi connectivity index (χ3n) is 3.22. The Morgan fingerprint density at radius 3 is 3.05 bits per heavy atom. The van der Waals surface area contributed by atoms with Gasteiger partial charge in [0.05, 0.1) is 6.54 Å². The monoisotopic (exact) mass is 406 g/mol. The number of hydrogen-bond acceptors (Lipinski definition) is 3. The van der Waals surface area contributed by atoms with E-state index in [1.54, 1.807) is 11.3 Å². The molecule has 0 unspecified atom stereocenters. The highest BCUT2D eigenvalue weighted by Crippen LogP contribution is 2.09. The van der Waals surface area contributed by atoms with Gasteiger partial charge in [-0.2, -0.15) is 0 Å². The highest BCUT2D eigenvalue weighted by atomic mass is 127. The summed E-state index contributed by atoms with van der Waals surface area (Å²) in [6, 6.07) is 4.22. The molecule has 1 aliphatic rings. The molecule has 0 atom stereocenters. The van der Waals surface area contributed by atoms with Gasteiger partial charge in [-0.05, 0) is 31.3 Å². The van der Waals surface area contributed by atoms with E-state index in [-0.39, 0.29) is 24.0 Å².